The predicted octanol–water partition coefficient (Wildman–Crippen LogP) is 7.33. The van der Waals surface area contributed by atoms with E-state index in [0.717, 1.165) is 75.3 Å². The highest BCUT2D eigenvalue weighted by Gasteiger charge is 2.18. The van der Waals surface area contributed by atoms with Gasteiger partial charge < -0.3 is 15.2 Å². The van der Waals surface area contributed by atoms with Crippen LogP contribution in [0.1, 0.15) is 24.8 Å². The molecule has 0 aliphatic carbocycles. The molecule has 1 aliphatic rings. The van der Waals surface area contributed by atoms with Crippen LogP contribution in [0, 0.1) is 0 Å². The molecule has 6 aromatic rings. The van der Waals surface area contributed by atoms with E-state index in [-0.39, 0.29) is 0 Å². The van der Waals surface area contributed by atoms with Gasteiger partial charge in [-0.25, -0.2) is 4.98 Å². The zero-order valence-electron chi connectivity index (χ0n) is 22.3. The van der Waals surface area contributed by atoms with Crippen LogP contribution in [-0.2, 0) is 6.42 Å². The van der Waals surface area contributed by atoms with Crippen molar-refractivity contribution in [2.45, 2.75) is 25.7 Å². The number of pyridine rings is 2. The lowest BCUT2D eigenvalue weighted by Gasteiger charge is -2.29. The molecule has 1 fully saturated rings. The first-order valence-electron chi connectivity index (χ1n) is 13.9. The van der Waals surface area contributed by atoms with Crippen molar-refractivity contribution >= 4 is 33.3 Å². The molecule has 0 bridgehead atoms. The topological polar surface area (TPSA) is 85.5 Å². The lowest BCUT2D eigenvalue weighted by Crippen LogP contribution is -2.29. The zero-order chi connectivity index (χ0) is 26.9. The number of nitrogens with one attached hydrogen (secondary N) is 3. The van der Waals surface area contributed by atoms with Gasteiger partial charge in [-0.2, -0.15) is 5.10 Å². The Bertz CT molecular complexity index is 1810. The summed E-state index contributed by atoms with van der Waals surface area (Å²) in [5, 5.41) is 13.5. The number of anilines is 2. The van der Waals surface area contributed by atoms with Crippen LogP contribution in [0.15, 0.2) is 97.6 Å². The second-order valence-corrected chi connectivity index (χ2v) is 10.5. The first-order valence-corrected chi connectivity index (χ1v) is 13.9. The minimum atomic E-state index is 0.758. The maximum Gasteiger partial charge on any atom is 0.139 e. The summed E-state index contributed by atoms with van der Waals surface area (Å²) in [6, 6.07) is 23.1. The number of benzene rings is 2. The van der Waals surface area contributed by atoms with Gasteiger partial charge in [0.1, 0.15) is 11.3 Å². The van der Waals surface area contributed by atoms with Gasteiger partial charge in [0, 0.05) is 59.6 Å². The van der Waals surface area contributed by atoms with Gasteiger partial charge in [-0.3, -0.25) is 10.1 Å². The maximum absolute atomic E-state index is 4.70. The molecule has 0 saturated carbocycles. The molecule has 5 heterocycles. The van der Waals surface area contributed by atoms with E-state index in [2.05, 4.69) is 85.4 Å². The summed E-state index contributed by atoms with van der Waals surface area (Å²) in [4.78, 5) is 15.1. The molecule has 0 radical (unpaired) electrons. The van der Waals surface area contributed by atoms with Crippen molar-refractivity contribution in [2.24, 2.45) is 0 Å². The molecule has 1 saturated heterocycles. The van der Waals surface area contributed by atoms with Crippen molar-refractivity contribution < 1.29 is 0 Å². The quantitative estimate of drug-likeness (QED) is 0.203. The van der Waals surface area contributed by atoms with Gasteiger partial charge in [-0.1, -0.05) is 43.0 Å². The average molecular weight is 526 g/mol. The van der Waals surface area contributed by atoms with E-state index < -0.39 is 0 Å². The number of nitrogens with zero attached hydrogens (tertiary/aromatic N) is 4. The second kappa shape index (κ2) is 10.3. The third kappa shape index (κ3) is 4.71. The predicted molar refractivity (Wildman–Crippen MR) is 163 cm³/mol. The van der Waals surface area contributed by atoms with Crippen LogP contribution in [0.2, 0.25) is 0 Å². The van der Waals surface area contributed by atoms with Gasteiger partial charge in [0.15, 0.2) is 0 Å². The number of allylic oxidation sites excluding steroid dienone is 1. The molecule has 3 N–H and O–H groups in total. The number of rotatable bonds is 7. The molecule has 198 valence electrons. The van der Waals surface area contributed by atoms with Crippen molar-refractivity contribution in [1.29, 1.82) is 0 Å². The summed E-state index contributed by atoms with van der Waals surface area (Å²) >= 11 is 0. The van der Waals surface area contributed by atoms with Crippen LogP contribution in [0.4, 0.5) is 11.4 Å². The Balaban J connectivity index is 1.19. The van der Waals surface area contributed by atoms with Crippen LogP contribution in [0.3, 0.4) is 0 Å². The fourth-order valence-corrected chi connectivity index (χ4v) is 5.71. The minimum Gasteiger partial charge on any atom is -0.371 e. The van der Waals surface area contributed by atoms with Gasteiger partial charge in [0.05, 0.1) is 23.1 Å². The SMILES string of the molecule is C=C(Cc1ccccc1)Nc1cncc(-c2ccc3[nH]nc(-c4cc5c(N6CCCCC6)ccnc5[nH]4)c3c2)c1. The lowest BCUT2D eigenvalue weighted by molar-refractivity contribution is 0.579. The Labute approximate surface area is 233 Å². The minimum absolute atomic E-state index is 0.758. The number of fused-ring (bicyclic) bond motifs is 2. The van der Waals surface area contributed by atoms with Crippen molar-refractivity contribution in [2.75, 3.05) is 23.3 Å². The standard InChI is InChI=1S/C33H31N7/c1-22(16-23-8-4-2-5-9-23)36-26-17-25(20-34-21-26)24-10-11-29-27(18-24)32(39-38-29)30-19-28-31(12-13-35-33(28)37-30)40-14-6-3-7-15-40/h2,4-5,8-13,17-21,36H,1,3,6-7,14-16H2,(H,35,37)(H,38,39). The van der Waals surface area contributed by atoms with Gasteiger partial charge in [-0.05, 0) is 60.7 Å². The van der Waals surface area contributed by atoms with E-state index >= 15 is 0 Å². The normalized spacial score (nSPS) is 13.7. The average Bonchev–Trinajstić information content (AvgIpc) is 3.62. The third-order valence-corrected chi connectivity index (χ3v) is 7.68. The molecular weight excluding hydrogens is 494 g/mol. The van der Waals surface area contributed by atoms with Crippen LogP contribution in [-0.4, -0.2) is 38.2 Å². The van der Waals surface area contributed by atoms with Crippen LogP contribution in [0.25, 0.3) is 44.5 Å². The van der Waals surface area contributed by atoms with Gasteiger partial charge >= 0.3 is 0 Å². The number of hydrogen-bond donors (Lipinski definition) is 3. The van der Waals surface area contributed by atoms with E-state index in [4.69, 9.17) is 5.10 Å². The largest absolute Gasteiger partial charge is 0.371 e. The lowest BCUT2D eigenvalue weighted by atomic mass is 10.0. The van der Waals surface area contributed by atoms with E-state index in [9.17, 15) is 0 Å². The number of H-pyrrole nitrogens is 2. The highest BCUT2D eigenvalue weighted by Crippen LogP contribution is 2.35. The fourth-order valence-electron chi connectivity index (χ4n) is 5.71. The number of piperidine rings is 1. The Morgan fingerprint density at radius 2 is 1.77 bits per heavy atom. The van der Waals surface area contributed by atoms with Crippen molar-refractivity contribution in [1.82, 2.24) is 25.1 Å². The Morgan fingerprint density at radius 1 is 0.900 bits per heavy atom. The van der Waals surface area contributed by atoms with Crippen LogP contribution < -0.4 is 10.2 Å². The van der Waals surface area contributed by atoms with E-state index in [1.807, 2.05) is 36.8 Å². The van der Waals surface area contributed by atoms with Crippen molar-refractivity contribution in [3.8, 4) is 22.5 Å². The molecule has 0 amide bonds. The molecule has 7 heteroatoms. The summed E-state index contributed by atoms with van der Waals surface area (Å²) in [6.07, 6.45) is 10.2. The molecule has 0 spiro atoms. The van der Waals surface area contributed by atoms with Gasteiger partial charge in [-0.15, -0.1) is 0 Å². The molecule has 4 aromatic heterocycles. The van der Waals surface area contributed by atoms with Gasteiger partial charge in [0.25, 0.3) is 0 Å². The molecule has 7 nitrogen and oxygen atoms in total. The summed E-state index contributed by atoms with van der Waals surface area (Å²) in [6.45, 7) is 6.40. The van der Waals surface area contributed by atoms with E-state index in [1.54, 1.807) is 0 Å². The second-order valence-electron chi connectivity index (χ2n) is 10.5. The highest BCUT2D eigenvalue weighted by molar-refractivity contribution is 5.99. The third-order valence-electron chi connectivity index (χ3n) is 7.68. The summed E-state index contributed by atoms with van der Waals surface area (Å²) in [5.41, 5.74) is 10.1. The molecule has 7 rings (SSSR count). The Morgan fingerprint density at radius 3 is 2.65 bits per heavy atom. The molecule has 1 aliphatic heterocycles. The highest BCUT2D eigenvalue weighted by atomic mass is 15.1. The van der Waals surface area contributed by atoms with Gasteiger partial charge in [0.2, 0.25) is 0 Å². The fraction of sp³-hybridized carbons (Fsp3) is 0.182. The number of hydrogen-bond acceptors (Lipinski definition) is 5. The Kier molecular flexibility index (Phi) is 6.24. The zero-order valence-corrected chi connectivity index (χ0v) is 22.3. The Hall–Kier alpha value is -4.91. The molecule has 2 aromatic carbocycles. The van der Waals surface area contributed by atoms with Crippen molar-refractivity contribution in [3.05, 3.63) is 103 Å². The summed E-state index contributed by atoms with van der Waals surface area (Å²) in [5.74, 6) is 0. The number of aromatic nitrogens is 5. The molecule has 0 atom stereocenters. The van der Waals surface area contributed by atoms with E-state index in [1.165, 1.54) is 30.5 Å². The molecule has 0 unspecified atom stereocenters. The summed E-state index contributed by atoms with van der Waals surface area (Å²) in [7, 11) is 0. The van der Waals surface area contributed by atoms with E-state index in [0.29, 0.717) is 0 Å². The number of aromatic amines is 2. The monoisotopic (exact) mass is 525 g/mol. The first kappa shape index (κ1) is 24.2. The van der Waals surface area contributed by atoms with Crippen LogP contribution >= 0.6 is 0 Å². The van der Waals surface area contributed by atoms with Crippen LogP contribution in [0.5, 0.6) is 0 Å². The van der Waals surface area contributed by atoms with Crippen molar-refractivity contribution in [3.63, 3.8) is 0 Å². The first-order chi connectivity index (χ1) is 19.7. The molecular formula is C33H31N7. The molecule has 40 heavy (non-hydrogen) atoms. The maximum atomic E-state index is 4.70. The summed E-state index contributed by atoms with van der Waals surface area (Å²) < 4.78 is 0. The smallest absolute Gasteiger partial charge is 0.139 e.